The van der Waals surface area contributed by atoms with Crippen molar-refractivity contribution in [3.8, 4) is 0 Å². The number of aliphatic hydroxyl groups excluding tert-OH is 1. The van der Waals surface area contributed by atoms with E-state index in [1.807, 2.05) is 12.4 Å². The minimum absolute atomic E-state index is 0.125. The Morgan fingerprint density at radius 1 is 1.31 bits per heavy atom. The van der Waals surface area contributed by atoms with Gasteiger partial charge < -0.3 is 9.67 Å². The molecule has 0 aliphatic rings. The first-order valence-corrected chi connectivity index (χ1v) is 6.46. The van der Waals surface area contributed by atoms with Crippen molar-refractivity contribution in [3.63, 3.8) is 0 Å². The minimum atomic E-state index is -0.125. The normalized spacial score (nSPS) is 12.9. The van der Waals surface area contributed by atoms with Gasteiger partial charge in [-0.3, -0.25) is 0 Å². The molecule has 0 spiro atoms. The fourth-order valence-corrected chi connectivity index (χ4v) is 1.99. The van der Waals surface area contributed by atoms with Crippen molar-refractivity contribution in [2.45, 2.75) is 65.0 Å². The van der Waals surface area contributed by atoms with E-state index in [-0.39, 0.29) is 6.10 Å². The molecule has 0 saturated heterocycles. The van der Waals surface area contributed by atoms with Gasteiger partial charge in [-0.15, -0.1) is 0 Å². The molecule has 1 rings (SSSR count). The highest BCUT2D eigenvalue weighted by atomic mass is 16.3. The van der Waals surface area contributed by atoms with Crippen LogP contribution in [0.5, 0.6) is 0 Å². The summed E-state index contributed by atoms with van der Waals surface area (Å²) in [7, 11) is 0. The Hall–Kier alpha value is -0.830. The Balaban J connectivity index is 2.28. The molecule has 1 heterocycles. The van der Waals surface area contributed by atoms with Crippen LogP contribution in [-0.4, -0.2) is 20.8 Å². The average Bonchev–Trinajstić information content (AvgIpc) is 2.67. The van der Waals surface area contributed by atoms with Crippen LogP contribution in [0.25, 0.3) is 0 Å². The lowest BCUT2D eigenvalue weighted by Gasteiger charge is -2.09. The second-order valence-electron chi connectivity index (χ2n) is 4.37. The van der Waals surface area contributed by atoms with Crippen LogP contribution >= 0.6 is 0 Å². The van der Waals surface area contributed by atoms with Gasteiger partial charge in [0, 0.05) is 25.4 Å². The predicted molar refractivity (Wildman–Crippen MR) is 66.4 cm³/mol. The van der Waals surface area contributed by atoms with E-state index in [0.717, 1.165) is 50.9 Å². The van der Waals surface area contributed by atoms with Gasteiger partial charge in [-0.1, -0.05) is 20.3 Å². The third-order valence-corrected chi connectivity index (χ3v) is 2.83. The third kappa shape index (κ3) is 4.35. The molecule has 1 aromatic rings. The Morgan fingerprint density at radius 3 is 2.81 bits per heavy atom. The Bertz CT molecular complexity index is 283. The molecule has 1 atom stereocenters. The number of rotatable bonds is 8. The molecule has 0 amide bonds. The fraction of sp³-hybridized carbons (Fsp3) is 0.769. The van der Waals surface area contributed by atoms with Gasteiger partial charge in [0.2, 0.25) is 0 Å². The number of aromatic nitrogens is 2. The van der Waals surface area contributed by atoms with E-state index in [1.54, 1.807) is 0 Å². The van der Waals surface area contributed by atoms with Gasteiger partial charge in [-0.05, 0) is 25.7 Å². The van der Waals surface area contributed by atoms with Gasteiger partial charge in [-0.2, -0.15) is 0 Å². The van der Waals surface area contributed by atoms with Crippen LogP contribution in [-0.2, 0) is 13.0 Å². The van der Waals surface area contributed by atoms with Gasteiger partial charge in [0.05, 0.1) is 6.10 Å². The summed E-state index contributed by atoms with van der Waals surface area (Å²) >= 11 is 0. The van der Waals surface area contributed by atoms with Crippen LogP contribution in [0.1, 0.15) is 51.8 Å². The smallest absolute Gasteiger partial charge is 0.108 e. The van der Waals surface area contributed by atoms with Gasteiger partial charge in [0.1, 0.15) is 5.82 Å². The summed E-state index contributed by atoms with van der Waals surface area (Å²) in [6, 6.07) is 0. The number of hydrogen-bond donors (Lipinski definition) is 1. The second-order valence-corrected chi connectivity index (χ2v) is 4.37. The molecule has 1 unspecified atom stereocenters. The lowest BCUT2D eigenvalue weighted by molar-refractivity contribution is 0.151. The molecule has 0 bridgehead atoms. The average molecular weight is 224 g/mol. The summed E-state index contributed by atoms with van der Waals surface area (Å²) in [5, 5.41) is 9.62. The van der Waals surface area contributed by atoms with Crippen molar-refractivity contribution in [1.82, 2.24) is 9.55 Å². The Labute approximate surface area is 98.5 Å². The van der Waals surface area contributed by atoms with E-state index in [9.17, 15) is 5.11 Å². The Kier molecular flexibility index (Phi) is 6.16. The first-order chi connectivity index (χ1) is 7.77. The zero-order chi connectivity index (χ0) is 11.8. The van der Waals surface area contributed by atoms with Crippen molar-refractivity contribution in [3.05, 3.63) is 18.2 Å². The SMILES string of the molecule is CCCC(O)CCCc1nccn1CCC. The van der Waals surface area contributed by atoms with Crippen molar-refractivity contribution in [2.75, 3.05) is 0 Å². The van der Waals surface area contributed by atoms with Crippen LogP contribution in [0, 0.1) is 0 Å². The van der Waals surface area contributed by atoms with Crippen LogP contribution in [0.4, 0.5) is 0 Å². The molecule has 92 valence electrons. The zero-order valence-electron chi connectivity index (χ0n) is 10.5. The summed E-state index contributed by atoms with van der Waals surface area (Å²) in [6.45, 7) is 5.33. The van der Waals surface area contributed by atoms with Crippen molar-refractivity contribution in [2.24, 2.45) is 0 Å². The molecule has 0 radical (unpaired) electrons. The summed E-state index contributed by atoms with van der Waals surface area (Å²) in [6.07, 6.45) is 9.81. The maximum Gasteiger partial charge on any atom is 0.108 e. The topological polar surface area (TPSA) is 38.1 Å². The van der Waals surface area contributed by atoms with Crippen molar-refractivity contribution >= 4 is 0 Å². The first-order valence-electron chi connectivity index (χ1n) is 6.46. The first kappa shape index (κ1) is 13.2. The summed E-state index contributed by atoms with van der Waals surface area (Å²) < 4.78 is 2.21. The second kappa shape index (κ2) is 7.44. The van der Waals surface area contributed by atoms with E-state index < -0.39 is 0 Å². The highest BCUT2D eigenvalue weighted by molar-refractivity contribution is 4.92. The number of aryl methyl sites for hydroxylation is 2. The molecular formula is C13H24N2O. The summed E-state index contributed by atoms with van der Waals surface area (Å²) in [5.74, 6) is 1.16. The largest absolute Gasteiger partial charge is 0.393 e. The van der Waals surface area contributed by atoms with E-state index in [1.165, 1.54) is 0 Å². The highest BCUT2D eigenvalue weighted by Gasteiger charge is 2.05. The van der Waals surface area contributed by atoms with Gasteiger partial charge in [0.25, 0.3) is 0 Å². The maximum atomic E-state index is 9.62. The molecule has 0 aliphatic carbocycles. The minimum Gasteiger partial charge on any atom is -0.393 e. The van der Waals surface area contributed by atoms with Crippen LogP contribution in [0.3, 0.4) is 0 Å². The monoisotopic (exact) mass is 224 g/mol. The van der Waals surface area contributed by atoms with Crippen LogP contribution < -0.4 is 0 Å². The van der Waals surface area contributed by atoms with Gasteiger partial charge >= 0.3 is 0 Å². The standard InChI is InChI=1S/C13H24N2O/c1-3-6-12(16)7-5-8-13-14-9-11-15(13)10-4-2/h9,11-12,16H,3-8,10H2,1-2H3. The maximum absolute atomic E-state index is 9.62. The molecule has 1 N–H and O–H groups in total. The lowest BCUT2D eigenvalue weighted by Crippen LogP contribution is -2.08. The molecule has 1 aromatic heterocycles. The van der Waals surface area contributed by atoms with E-state index in [2.05, 4.69) is 23.4 Å². The highest BCUT2D eigenvalue weighted by Crippen LogP contribution is 2.09. The summed E-state index contributed by atoms with van der Waals surface area (Å²) in [5.41, 5.74) is 0. The molecule has 16 heavy (non-hydrogen) atoms. The van der Waals surface area contributed by atoms with Crippen molar-refractivity contribution < 1.29 is 5.11 Å². The predicted octanol–water partition coefficient (Wildman–Crippen LogP) is 2.78. The van der Waals surface area contributed by atoms with Crippen molar-refractivity contribution in [1.29, 1.82) is 0 Å². The number of imidazole rings is 1. The third-order valence-electron chi connectivity index (χ3n) is 2.83. The molecule has 0 aliphatic heterocycles. The van der Waals surface area contributed by atoms with E-state index in [4.69, 9.17) is 0 Å². The van der Waals surface area contributed by atoms with Crippen LogP contribution in [0.15, 0.2) is 12.4 Å². The molecule has 3 nitrogen and oxygen atoms in total. The van der Waals surface area contributed by atoms with Gasteiger partial charge in [-0.25, -0.2) is 4.98 Å². The summed E-state index contributed by atoms with van der Waals surface area (Å²) in [4.78, 5) is 4.36. The van der Waals surface area contributed by atoms with E-state index >= 15 is 0 Å². The van der Waals surface area contributed by atoms with Crippen LogP contribution in [0.2, 0.25) is 0 Å². The molecule has 3 heteroatoms. The number of nitrogens with zero attached hydrogens (tertiary/aromatic N) is 2. The fourth-order valence-electron chi connectivity index (χ4n) is 1.99. The quantitative estimate of drug-likeness (QED) is 0.737. The number of hydrogen-bond acceptors (Lipinski definition) is 2. The molecular weight excluding hydrogens is 200 g/mol. The zero-order valence-corrected chi connectivity index (χ0v) is 10.5. The molecule has 0 aromatic carbocycles. The van der Waals surface area contributed by atoms with Gasteiger partial charge in [0.15, 0.2) is 0 Å². The number of aliphatic hydroxyl groups is 1. The van der Waals surface area contributed by atoms with E-state index in [0.29, 0.717) is 0 Å². The Morgan fingerprint density at radius 2 is 2.12 bits per heavy atom. The molecule has 0 saturated carbocycles. The lowest BCUT2D eigenvalue weighted by atomic mass is 10.1. The molecule has 0 fully saturated rings.